The van der Waals surface area contributed by atoms with E-state index in [4.69, 9.17) is 0 Å². The van der Waals surface area contributed by atoms with E-state index in [2.05, 4.69) is 180 Å². The standard InChI is InChI=1S/C42H30S6/c1-4-34(43-25-1)13-16-40-22-19-37(46-40)10-7-31-28-32(8-11-38-20-23-41(47-38)17-14-35-5-2-26-44-35)30-33(29-31)9-12-39-21-24-42(48-39)18-15-36-6-3-27-45-36/h1-30H/b10-7+,11-8+,12-9+,16-13+,17-14+,18-15+. The molecule has 0 aliphatic heterocycles. The molecule has 0 aliphatic rings. The summed E-state index contributed by atoms with van der Waals surface area (Å²) < 4.78 is 0. The summed E-state index contributed by atoms with van der Waals surface area (Å²) in [4.78, 5) is 11.3. The van der Waals surface area contributed by atoms with Gasteiger partial charge in [-0.2, -0.15) is 0 Å². The Kier molecular flexibility index (Phi) is 11.0. The van der Waals surface area contributed by atoms with Crippen LogP contribution in [-0.2, 0) is 0 Å². The van der Waals surface area contributed by atoms with Gasteiger partial charge in [-0.25, -0.2) is 0 Å². The molecule has 0 spiro atoms. The lowest BCUT2D eigenvalue weighted by atomic mass is 10.0. The highest BCUT2D eigenvalue weighted by molar-refractivity contribution is 7.15. The summed E-state index contributed by atoms with van der Waals surface area (Å²) in [5.74, 6) is 0. The lowest BCUT2D eigenvalue weighted by molar-refractivity contribution is 1.59. The summed E-state index contributed by atoms with van der Waals surface area (Å²) in [6.45, 7) is 0. The molecule has 0 saturated heterocycles. The Morgan fingerprint density at radius 2 is 0.521 bits per heavy atom. The molecule has 0 amide bonds. The Hall–Kier alpha value is -4.14. The number of rotatable bonds is 12. The van der Waals surface area contributed by atoms with Gasteiger partial charge in [0, 0.05) is 43.9 Å². The zero-order valence-electron chi connectivity index (χ0n) is 25.8. The molecule has 0 unspecified atom stereocenters. The van der Waals surface area contributed by atoms with Gasteiger partial charge in [-0.1, -0.05) is 36.4 Å². The van der Waals surface area contributed by atoms with Gasteiger partial charge >= 0.3 is 0 Å². The van der Waals surface area contributed by atoms with Gasteiger partial charge < -0.3 is 0 Å². The molecule has 0 nitrogen and oxygen atoms in total. The highest BCUT2D eigenvalue weighted by Crippen LogP contribution is 2.27. The molecular weight excluding hydrogens is 697 g/mol. The number of hydrogen-bond acceptors (Lipinski definition) is 6. The van der Waals surface area contributed by atoms with Gasteiger partial charge in [0.15, 0.2) is 0 Å². The molecule has 0 saturated carbocycles. The Morgan fingerprint density at radius 1 is 0.271 bits per heavy atom. The van der Waals surface area contributed by atoms with Crippen LogP contribution >= 0.6 is 68.0 Å². The Bertz CT molecular complexity index is 1950. The number of thiophene rings is 6. The lowest BCUT2D eigenvalue weighted by Crippen LogP contribution is -1.81. The van der Waals surface area contributed by atoms with Crippen molar-refractivity contribution in [3.05, 3.63) is 168 Å². The van der Waals surface area contributed by atoms with Gasteiger partial charge in [-0.3, -0.25) is 0 Å². The molecule has 0 fully saturated rings. The first-order valence-corrected chi connectivity index (χ1v) is 20.4. The fourth-order valence-corrected chi connectivity index (χ4v) is 9.12. The van der Waals surface area contributed by atoms with E-state index in [-0.39, 0.29) is 0 Å². The quantitative estimate of drug-likeness (QED) is 0.118. The van der Waals surface area contributed by atoms with E-state index >= 15 is 0 Å². The minimum atomic E-state index is 1.18. The summed E-state index contributed by atoms with van der Waals surface area (Å²) in [7, 11) is 0. The van der Waals surface area contributed by atoms with Crippen molar-refractivity contribution in [1.82, 2.24) is 0 Å². The molecule has 0 radical (unpaired) electrons. The van der Waals surface area contributed by atoms with Gasteiger partial charge in [0.25, 0.3) is 0 Å². The first-order chi connectivity index (χ1) is 23.7. The van der Waals surface area contributed by atoms with Crippen LogP contribution in [0.15, 0.2) is 107 Å². The zero-order chi connectivity index (χ0) is 32.4. The molecule has 0 bridgehead atoms. The van der Waals surface area contributed by atoms with Crippen LogP contribution in [0.2, 0.25) is 0 Å². The molecule has 6 aromatic heterocycles. The topological polar surface area (TPSA) is 0 Å². The largest absolute Gasteiger partial charge is 0.144 e. The first kappa shape index (κ1) is 32.4. The Morgan fingerprint density at radius 3 is 0.771 bits per heavy atom. The minimum Gasteiger partial charge on any atom is -0.144 e. The van der Waals surface area contributed by atoms with Crippen molar-refractivity contribution >= 4 is 141 Å². The third-order valence-corrected chi connectivity index (χ3v) is 12.7. The van der Waals surface area contributed by atoms with Crippen molar-refractivity contribution in [3.8, 4) is 0 Å². The van der Waals surface area contributed by atoms with Gasteiger partial charge in [-0.15, -0.1) is 68.0 Å². The minimum absolute atomic E-state index is 1.18. The molecule has 234 valence electrons. The SMILES string of the molecule is C(=C\c1ccc(/C=C/c2cccs2)s1)/c1cc(/C=C/c2ccc(/C=C/c3cccs3)s2)cc(/C=C/c2ccc(/C=C/c3cccs3)s2)c1. The van der Waals surface area contributed by atoms with E-state index in [0.29, 0.717) is 0 Å². The van der Waals surface area contributed by atoms with Crippen LogP contribution in [-0.4, -0.2) is 0 Å². The van der Waals surface area contributed by atoms with E-state index in [1.165, 1.54) is 60.6 Å². The number of hydrogen-bond donors (Lipinski definition) is 0. The van der Waals surface area contributed by atoms with E-state index in [1.807, 2.05) is 0 Å². The molecule has 1 aromatic carbocycles. The average molecular weight is 727 g/mol. The maximum Gasteiger partial charge on any atom is 0.0277 e. The van der Waals surface area contributed by atoms with Crippen molar-refractivity contribution in [2.24, 2.45) is 0 Å². The van der Waals surface area contributed by atoms with Crippen LogP contribution in [0.4, 0.5) is 0 Å². The molecule has 0 atom stereocenters. The molecule has 6 heteroatoms. The second-order valence-corrected chi connectivity index (χ2v) is 17.1. The molecule has 6 heterocycles. The van der Waals surface area contributed by atoms with Crippen LogP contribution in [0.5, 0.6) is 0 Å². The predicted molar refractivity (Wildman–Crippen MR) is 226 cm³/mol. The highest BCUT2D eigenvalue weighted by Gasteiger charge is 2.01. The highest BCUT2D eigenvalue weighted by atomic mass is 32.1. The Balaban J connectivity index is 1.10. The fraction of sp³-hybridized carbons (Fsp3) is 0. The smallest absolute Gasteiger partial charge is 0.0277 e. The number of benzene rings is 1. The second-order valence-electron chi connectivity index (χ2n) is 10.7. The molecule has 48 heavy (non-hydrogen) atoms. The van der Waals surface area contributed by atoms with Crippen LogP contribution < -0.4 is 0 Å². The van der Waals surface area contributed by atoms with E-state index in [9.17, 15) is 0 Å². The maximum atomic E-state index is 2.26. The van der Waals surface area contributed by atoms with Crippen molar-refractivity contribution < 1.29 is 0 Å². The summed E-state index contributed by atoms with van der Waals surface area (Å²) in [6.07, 6.45) is 26.5. The zero-order valence-corrected chi connectivity index (χ0v) is 30.7. The molecule has 0 N–H and O–H groups in total. The van der Waals surface area contributed by atoms with Crippen molar-refractivity contribution in [1.29, 1.82) is 0 Å². The summed E-state index contributed by atoms with van der Waals surface area (Å²) in [5, 5.41) is 6.33. The summed E-state index contributed by atoms with van der Waals surface area (Å²) >= 11 is 10.7. The first-order valence-electron chi connectivity index (χ1n) is 15.3. The summed E-state index contributed by atoms with van der Waals surface area (Å²) in [6, 6.07) is 32.7. The van der Waals surface area contributed by atoms with Crippen LogP contribution in [0, 0.1) is 0 Å². The van der Waals surface area contributed by atoms with Crippen LogP contribution in [0.3, 0.4) is 0 Å². The Labute approximate surface area is 306 Å². The van der Waals surface area contributed by atoms with Gasteiger partial charge in [-0.05, 0) is 160 Å². The monoisotopic (exact) mass is 726 g/mol. The molecular formula is C42H30S6. The normalized spacial score (nSPS) is 12.5. The van der Waals surface area contributed by atoms with Gasteiger partial charge in [0.1, 0.15) is 0 Å². The van der Waals surface area contributed by atoms with E-state index < -0.39 is 0 Å². The summed E-state index contributed by atoms with van der Waals surface area (Å²) in [5.41, 5.74) is 3.53. The fourth-order valence-electron chi connectivity index (χ4n) is 4.82. The van der Waals surface area contributed by atoms with Crippen molar-refractivity contribution in [3.63, 3.8) is 0 Å². The van der Waals surface area contributed by atoms with Crippen LogP contribution in [0.25, 0.3) is 72.9 Å². The molecule has 0 aliphatic carbocycles. The average Bonchev–Trinajstić information content (AvgIpc) is 3.95. The molecule has 7 aromatic rings. The van der Waals surface area contributed by atoms with E-state index in [1.54, 1.807) is 68.0 Å². The second kappa shape index (κ2) is 16.3. The van der Waals surface area contributed by atoms with Gasteiger partial charge in [0.2, 0.25) is 0 Å². The molecule has 7 rings (SSSR count). The predicted octanol–water partition coefficient (Wildman–Crippen LogP) is 15.1. The van der Waals surface area contributed by atoms with Crippen molar-refractivity contribution in [2.45, 2.75) is 0 Å². The third kappa shape index (κ3) is 9.48. The maximum absolute atomic E-state index is 2.26. The van der Waals surface area contributed by atoms with Gasteiger partial charge in [0.05, 0.1) is 0 Å². The third-order valence-electron chi connectivity index (χ3n) is 7.13. The van der Waals surface area contributed by atoms with Crippen molar-refractivity contribution in [2.75, 3.05) is 0 Å². The van der Waals surface area contributed by atoms with Crippen LogP contribution in [0.1, 0.15) is 60.6 Å². The van der Waals surface area contributed by atoms with E-state index in [0.717, 1.165) is 0 Å². The lowest BCUT2D eigenvalue weighted by Gasteiger charge is -2.02.